The van der Waals surface area contributed by atoms with Crippen molar-refractivity contribution in [3.63, 3.8) is 0 Å². The highest BCUT2D eigenvalue weighted by molar-refractivity contribution is 6.10. The van der Waals surface area contributed by atoms with Gasteiger partial charge in [-0.05, 0) is 33.7 Å². The number of carbonyl (C=O) groups is 4. The van der Waals surface area contributed by atoms with E-state index in [2.05, 4.69) is 23.8 Å². The molecule has 0 heterocycles. The van der Waals surface area contributed by atoms with Gasteiger partial charge in [0.1, 0.15) is 24.7 Å². The summed E-state index contributed by atoms with van der Waals surface area (Å²) in [7, 11) is 0. The molecule has 4 aromatic carbocycles. The number of carbonyl (C=O) groups excluding carboxylic acids is 4. The molecular weight excluding hydrogens is 540 g/mol. The highest BCUT2D eigenvalue weighted by atomic mass is 16.6. The monoisotopic (exact) mass is 568 g/mol. The average molecular weight is 569 g/mol. The van der Waals surface area contributed by atoms with E-state index in [0.29, 0.717) is 11.1 Å². The number of fused-ring (bicyclic) bond motifs is 2. The fraction of sp³-hybridized carbons (Fsp3) is 0.125. The maximum absolute atomic E-state index is 12.8. The molecule has 0 unspecified atom stereocenters. The van der Waals surface area contributed by atoms with Crippen molar-refractivity contribution in [3.8, 4) is 22.6 Å². The van der Waals surface area contributed by atoms with Gasteiger partial charge in [-0.15, -0.1) is 0 Å². The predicted octanol–water partition coefficient (Wildman–Crippen LogP) is 5.30. The van der Waals surface area contributed by atoms with E-state index < -0.39 is 24.1 Å². The summed E-state index contributed by atoms with van der Waals surface area (Å²) in [4.78, 5) is 48.0. The highest BCUT2D eigenvalue weighted by Crippen LogP contribution is 2.45. The molecule has 10 nitrogen and oxygen atoms in total. The summed E-state index contributed by atoms with van der Waals surface area (Å²) in [6.07, 6.45) is 0.523. The molecule has 0 aliphatic heterocycles. The maximum Gasteiger partial charge on any atom is 0.412 e. The summed E-state index contributed by atoms with van der Waals surface area (Å²) >= 11 is 0. The van der Waals surface area contributed by atoms with Crippen LogP contribution in [0, 0.1) is 0 Å². The molecule has 2 amide bonds. The van der Waals surface area contributed by atoms with Crippen LogP contribution in [-0.4, -0.2) is 50.4 Å². The van der Waals surface area contributed by atoms with Crippen LogP contribution in [0.2, 0.25) is 0 Å². The van der Waals surface area contributed by atoms with Crippen molar-refractivity contribution >= 4 is 45.7 Å². The lowest BCUT2D eigenvalue weighted by atomic mass is 9.92. The third-order valence-electron chi connectivity index (χ3n) is 6.00. The van der Waals surface area contributed by atoms with E-state index in [1.54, 1.807) is 12.1 Å². The Morgan fingerprint density at radius 2 is 1.00 bits per heavy atom. The molecule has 0 saturated carbocycles. The van der Waals surface area contributed by atoms with Gasteiger partial charge in [0.2, 0.25) is 0 Å². The van der Waals surface area contributed by atoms with Crippen LogP contribution < -0.4 is 20.1 Å². The Hall–Kier alpha value is -5.64. The summed E-state index contributed by atoms with van der Waals surface area (Å²) in [5.41, 5.74) is 1.06. The Bertz CT molecular complexity index is 1540. The van der Waals surface area contributed by atoms with Gasteiger partial charge in [0.05, 0.1) is 13.1 Å². The van der Waals surface area contributed by atoms with E-state index in [-0.39, 0.29) is 37.8 Å². The second-order valence-corrected chi connectivity index (χ2v) is 8.70. The molecule has 0 aromatic heterocycles. The number of hydrogen-bond donors (Lipinski definition) is 2. The number of rotatable bonds is 11. The first-order chi connectivity index (χ1) is 20.4. The number of nitrogens with one attached hydrogen (secondary N) is 2. The van der Waals surface area contributed by atoms with E-state index in [4.69, 9.17) is 18.9 Å². The van der Waals surface area contributed by atoms with Gasteiger partial charge in [-0.3, -0.25) is 0 Å². The maximum atomic E-state index is 12.8. The number of amides is 2. The third kappa shape index (κ3) is 7.30. The second kappa shape index (κ2) is 14.1. The van der Waals surface area contributed by atoms with Crippen LogP contribution in [0.25, 0.3) is 32.7 Å². The van der Waals surface area contributed by atoms with Crippen LogP contribution in [0.5, 0.6) is 11.5 Å². The molecule has 0 spiro atoms. The zero-order valence-corrected chi connectivity index (χ0v) is 22.6. The smallest absolute Gasteiger partial charge is 0.412 e. The van der Waals surface area contributed by atoms with E-state index in [0.717, 1.165) is 33.7 Å². The van der Waals surface area contributed by atoms with Gasteiger partial charge in [0.25, 0.3) is 0 Å². The molecule has 4 aromatic rings. The van der Waals surface area contributed by atoms with Gasteiger partial charge < -0.3 is 29.6 Å². The first kappa shape index (κ1) is 29.3. The summed E-state index contributed by atoms with van der Waals surface area (Å²) in [6.45, 7) is 6.57. The van der Waals surface area contributed by atoms with Crippen molar-refractivity contribution in [2.24, 2.45) is 0 Å². The minimum absolute atomic E-state index is 0.0201. The summed E-state index contributed by atoms with van der Waals surface area (Å²) in [5.74, 6) is -0.779. The average Bonchev–Trinajstić information content (AvgIpc) is 3.01. The molecular formula is C32H28N2O8. The lowest BCUT2D eigenvalue weighted by Gasteiger charge is -2.19. The Morgan fingerprint density at radius 1 is 0.595 bits per heavy atom. The number of esters is 2. The Labute approximate surface area is 241 Å². The fourth-order valence-electron chi connectivity index (χ4n) is 4.19. The molecule has 0 fully saturated rings. The van der Waals surface area contributed by atoms with E-state index >= 15 is 0 Å². The highest BCUT2D eigenvalue weighted by Gasteiger charge is 2.22. The summed E-state index contributed by atoms with van der Waals surface area (Å²) in [5, 5.41) is 8.34. The Balaban J connectivity index is 1.70. The van der Waals surface area contributed by atoms with Gasteiger partial charge in [-0.25, -0.2) is 19.2 Å². The quantitative estimate of drug-likeness (QED) is 0.142. The molecule has 0 aliphatic rings. The van der Waals surface area contributed by atoms with Gasteiger partial charge in [-0.2, -0.15) is 0 Å². The number of hydrogen-bond acceptors (Lipinski definition) is 8. The zero-order chi connectivity index (χ0) is 29.9. The van der Waals surface area contributed by atoms with Crippen LogP contribution in [0.15, 0.2) is 98.1 Å². The molecule has 2 N–H and O–H groups in total. The molecule has 0 bridgehead atoms. The van der Waals surface area contributed by atoms with Crippen LogP contribution in [-0.2, 0) is 19.1 Å². The molecule has 0 atom stereocenters. The van der Waals surface area contributed by atoms with Crippen LogP contribution in [0.1, 0.15) is 0 Å². The fourth-order valence-corrected chi connectivity index (χ4v) is 4.19. The van der Waals surface area contributed by atoms with Crippen LogP contribution in [0.4, 0.5) is 9.59 Å². The summed E-state index contributed by atoms with van der Waals surface area (Å²) in [6, 6.07) is 22.0. The van der Waals surface area contributed by atoms with E-state index in [9.17, 15) is 19.2 Å². The van der Waals surface area contributed by atoms with Gasteiger partial charge >= 0.3 is 24.1 Å². The predicted molar refractivity (Wildman–Crippen MR) is 157 cm³/mol. The lowest BCUT2D eigenvalue weighted by Crippen LogP contribution is -2.31. The van der Waals surface area contributed by atoms with Gasteiger partial charge in [0.15, 0.2) is 0 Å². The summed E-state index contributed by atoms with van der Waals surface area (Å²) < 4.78 is 21.2. The van der Waals surface area contributed by atoms with Crippen LogP contribution in [0.3, 0.4) is 0 Å². The zero-order valence-electron chi connectivity index (χ0n) is 22.6. The molecule has 42 heavy (non-hydrogen) atoms. The molecule has 214 valence electrons. The Kier molecular flexibility index (Phi) is 9.87. The standard InChI is InChI=1S/C32H28N2O8/c1-3-27(35)39-19-17-33-31(37)41-25-15-13-21-9-5-7-11-23(21)29(25)30-24-12-8-6-10-22(24)14-16-26(30)42-32(38)34-18-20-40-28(36)4-2/h3-16H,1-2,17-20H2,(H,33,37)(H,34,38). The molecule has 0 saturated heterocycles. The minimum Gasteiger partial charge on any atom is -0.461 e. The minimum atomic E-state index is -0.768. The van der Waals surface area contributed by atoms with Gasteiger partial charge in [0, 0.05) is 23.3 Å². The van der Waals surface area contributed by atoms with Crippen molar-refractivity contribution in [2.45, 2.75) is 0 Å². The normalized spacial score (nSPS) is 10.4. The van der Waals surface area contributed by atoms with Crippen molar-refractivity contribution in [3.05, 3.63) is 98.1 Å². The third-order valence-corrected chi connectivity index (χ3v) is 6.00. The Morgan fingerprint density at radius 3 is 1.40 bits per heavy atom. The van der Waals surface area contributed by atoms with E-state index in [1.807, 2.05) is 60.7 Å². The largest absolute Gasteiger partial charge is 0.461 e. The van der Waals surface area contributed by atoms with Crippen molar-refractivity contribution in [1.29, 1.82) is 0 Å². The molecule has 0 aliphatic carbocycles. The van der Waals surface area contributed by atoms with Gasteiger partial charge in [-0.1, -0.05) is 73.8 Å². The van der Waals surface area contributed by atoms with Crippen molar-refractivity contribution < 1.29 is 38.1 Å². The first-order valence-electron chi connectivity index (χ1n) is 12.9. The van der Waals surface area contributed by atoms with Crippen molar-refractivity contribution in [2.75, 3.05) is 26.3 Å². The molecule has 0 radical (unpaired) electrons. The number of benzene rings is 4. The second-order valence-electron chi connectivity index (χ2n) is 8.70. The first-order valence-corrected chi connectivity index (χ1v) is 12.9. The molecule has 4 rings (SSSR count). The molecule has 10 heteroatoms. The SMILES string of the molecule is C=CC(=O)OCCNC(=O)Oc1ccc2ccccc2c1-c1c(OC(=O)NCCOC(=O)C=C)ccc2ccccc12. The topological polar surface area (TPSA) is 129 Å². The van der Waals surface area contributed by atoms with Crippen molar-refractivity contribution in [1.82, 2.24) is 10.6 Å². The lowest BCUT2D eigenvalue weighted by molar-refractivity contribution is -0.138. The number of ether oxygens (including phenoxy) is 4. The van der Waals surface area contributed by atoms with E-state index in [1.165, 1.54) is 0 Å². The van der Waals surface area contributed by atoms with Crippen LogP contribution >= 0.6 is 0 Å².